The lowest BCUT2D eigenvalue weighted by Gasteiger charge is -2.15. The van der Waals surface area contributed by atoms with Gasteiger partial charge in [-0.15, -0.1) is 0 Å². The molecule has 6 heteroatoms. The van der Waals surface area contributed by atoms with E-state index < -0.39 is 5.82 Å². The predicted octanol–water partition coefficient (Wildman–Crippen LogP) is 4.13. The lowest BCUT2D eigenvalue weighted by Crippen LogP contribution is -2.27. The van der Waals surface area contributed by atoms with Gasteiger partial charge in [-0.1, -0.05) is 24.3 Å². The molecule has 1 amide bonds. The number of hydrogen-bond donors (Lipinski definition) is 1. The molecule has 1 atom stereocenters. The molecule has 3 rings (SSSR count). The molecule has 5 nitrogen and oxygen atoms in total. The number of halogens is 1. The predicted molar refractivity (Wildman–Crippen MR) is 102 cm³/mol. The van der Waals surface area contributed by atoms with E-state index in [-0.39, 0.29) is 17.7 Å². The fourth-order valence-electron chi connectivity index (χ4n) is 2.99. The second-order valence-corrected chi connectivity index (χ2v) is 6.43. The minimum absolute atomic E-state index is 0.174. The molecule has 1 heterocycles. The Hall–Kier alpha value is -3.15. The number of nitrogens with zero attached hydrogens (tertiary/aromatic N) is 2. The van der Waals surface area contributed by atoms with Crippen LogP contribution in [0.3, 0.4) is 0 Å². The standard InChI is InChI=1S/C21H22FN3O2/c1-13-7-5-6-8-19(13)25-15(3)17(12-23-25)21(26)24-14(2)16-9-10-20(27-4)18(22)11-16/h5-12,14H,1-4H3,(H,24,26)/t14-/m1/s1. The molecule has 27 heavy (non-hydrogen) atoms. The van der Waals surface area contributed by atoms with E-state index in [1.807, 2.05) is 38.1 Å². The topological polar surface area (TPSA) is 56.1 Å². The highest BCUT2D eigenvalue weighted by atomic mass is 19.1. The molecule has 0 fully saturated rings. The number of hydrogen-bond acceptors (Lipinski definition) is 3. The third-order valence-corrected chi connectivity index (χ3v) is 4.62. The smallest absolute Gasteiger partial charge is 0.255 e. The van der Waals surface area contributed by atoms with Crippen LogP contribution in [-0.2, 0) is 0 Å². The molecule has 3 aromatic rings. The number of methoxy groups -OCH3 is 1. The van der Waals surface area contributed by atoms with Crippen LogP contribution >= 0.6 is 0 Å². The van der Waals surface area contributed by atoms with E-state index in [0.29, 0.717) is 11.1 Å². The Balaban J connectivity index is 1.81. The first-order valence-electron chi connectivity index (χ1n) is 8.67. The summed E-state index contributed by atoms with van der Waals surface area (Å²) in [5.74, 6) is -0.539. The van der Waals surface area contributed by atoms with Crippen LogP contribution in [0.4, 0.5) is 4.39 Å². The second kappa shape index (κ2) is 7.61. The Bertz CT molecular complexity index is 981. The van der Waals surface area contributed by atoms with E-state index in [1.54, 1.807) is 29.9 Å². The summed E-state index contributed by atoms with van der Waals surface area (Å²) < 4.78 is 20.6. The molecule has 0 aliphatic carbocycles. The maximum atomic E-state index is 13.9. The molecule has 0 unspecified atom stereocenters. The number of amides is 1. The zero-order valence-corrected chi connectivity index (χ0v) is 15.8. The highest BCUT2D eigenvalue weighted by Crippen LogP contribution is 2.23. The molecule has 0 aliphatic heterocycles. The fourth-order valence-corrected chi connectivity index (χ4v) is 2.99. The summed E-state index contributed by atoms with van der Waals surface area (Å²) in [7, 11) is 1.41. The van der Waals surface area contributed by atoms with Crippen molar-refractivity contribution >= 4 is 5.91 Å². The van der Waals surface area contributed by atoms with Crippen LogP contribution in [0.2, 0.25) is 0 Å². The van der Waals surface area contributed by atoms with Crippen molar-refractivity contribution in [2.24, 2.45) is 0 Å². The van der Waals surface area contributed by atoms with Gasteiger partial charge in [0.1, 0.15) is 0 Å². The van der Waals surface area contributed by atoms with Gasteiger partial charge in [-0.05, 0) is 50.1 Å². The highest BCUT2D eigenvalue weighted by Gasteiger charge is 2.19. The largest absolute Gasteiger partial charge is 0.494 e. The average Bonchev–Trinajstić information content (AvgIpc) is 3.03. The Morgan fingerprint density at radius 2 is 1.96 bits per heavy atom. The zero-order chi connectivity index (χ0) is 19.6. The van der Waals surface area contributed by atoms with Crippen LogP contribution in [0.1, 0.15) is 40.1 Å². The number of carbonyl (C=O) groups is 1. The lowest BCUT2D eigenvalue weighted by atomic mass is 10.1. The van der Waals surface area contributed by atoms with Crippen LogP contribution in [-0.4, -0.2) is 22.8 Å². The Morgan fingerprint density at radius 1 is 1.22 bits per heavy atom. The first kappa shape index (κ1) is 18.6. The number of ether oxygens (including phenoxy) is 1. The van der Waals surface area contributed by atoms with Gasteiger partial charge in [0.05, 0.1) is 36.3 Å². The summed E-state index contributed by atoms with van der Waals surface area (Å²) in [6, 6.07) is 12.1. The van der Waals surface area contributed by atoms with E-state index in [0.717, 1.165) is 16.9 Å². The van der Waals surface area contributed by atoms with E-state index in [1.165, 1.54) is 13.2 Å². The lowest BCUT2D eigenvalue weighted by molar-refractivity contribution is 0.0939. The first-order chi connectivity index (χ1) is 12.9. The molecule has 1 aromatic heterocycles. The van der Waals surface area contributed by atoms with Crippen molar-refractivity contribution in [3.63, 3.8) is 0 Å². The highest BCUT2D eigenvalue weighted by molar-refractivity contribution is 5.95. The number of nitrogens with one attached hydrogen (secondary N) is 1. The van der Waals surface area contributed by atoms with Crippen LogP contribution in [0.25, 0.3) is 5.69 Å². The molecular formula is C21H22FN3O2. The van der Waals surface area contributed by atoms with Gasteiger partial charge in [0.25, 0.3) is 5.91 Å². The molecule has 0 bridgehead atoms. The molecule has 140 valence electrons. The van der Waals surface area contributed by atoms with E-state index in [9.17, 15) is 9.18 Å². The molecule has 0 aliphatic rings. The van der Waals surface area contributed by atoms with Crippen LogP contribution in [0.15, 0.2) is 48.7 Å². The van der Waals surface area contributed by atoms with Crippen molar-refractivity contribution in [3.8, 4) is 11.4 Å². The van der Waals surface area contributed by atoms with Gasteiger partial charge in [0.2, 0.25) is 0 Å². The Labute approximate surface area is 157 Å². The monoisotopic (exact) mass is 367 g/mol. The van der Waals surface area contributed by atoms with Crippen molar-refractivity contribution in [2.75, 3.05) is 7.11 Å². The quantitative estimate of drug-likeness (QED) is 0.738. The summed E-state index contributed by atoms with van der Waals surface area (Å²) in [5.41, 5.74) is 3.89. The minimum Gasteiger partial charge on any atom is -0.494 e. The Morgan fingerprint density at radius 3 is 2.63 bits per heavy atom. The van der Waals surface area contributed by atoms with Gasteiger partial charge in [0.15, 0.2) is 11.6 Å². The molecule has 0 spiro atoms. The summed E-state index contributed by atoms with van der Waals surface area (Å²) in [4.78, 5) is 12.7. The van der Waals surface area contributed by atoms with Gasteiger partial charge in [-0.2, -0.15) is 5.10 Å². The summed E-state index contributed by atoms with van der Waals surface area (Å²) in [5, 5.41) is 7.26. The zero-order valence-electron chi connectivity index (χ0n) is 15.8. The van der Waals surface area contributed by atoms with Gasteiger partial charge < -0.3 is 10.1 Å². The molecule has 0 saturated carbocycles. The van der Waals surface area contributed by atoms with Crippen LogP contribution < -0.4 is 10.1 Å². The van der Waals surface area contributed by atoms with Crippen molar-refractivity contribution in [3.05, 3.63) is 76.9 Å². The van der Waals surface area contributed by atoms with E-state index >= 15 is 0 Å². The number of carbonyl (C=O) groups excluding carboxylic acids is 1. The third kappa shape index (κ3) is 3.69. The number of benzene rings is 2. The molecular weight excluding hydrogens is 345 g/mol. The fraction of sp³-hybridized carbons (Fsp3) is 0.238. The molecule has 2 aromatic carbocycles. The van der Waals surface area contributed by atoms with E-state index in [4.69, 9.17) is 4.74 Å². The van der Waals surface area contributed by atoms with Crippen LogP contribution in [0, 0.1) is 19.7 Å². The van der Waals surface area contributed by atoms with E-state index in [2.05, 4.69) is 10.4 Å². The molecule has 0 radical (unpaired) electrons. The maximum absolute atomic E-state index is 13.9. The molecule has 1 N–H and O–H groups in total. The Kier molecular flexibility index (Phi) is 5.26. The maximum Gasteiger partial charge on any atom is 0.255 e. The minimum atomic E-state index is -0.459. The average molecular weight is 367 g/mol. The number of aryl methyl sites for hydroxylation is 1. The van der Waals surface area contributed by atoms with Crippen molar-refractivity contribution in [1.82, 2.24) is 15.1 Å². The number of para-hydroxylation sites is 1. The van der Waals surface area contributed by atoms with Gasteiger partial charge in [0, 0.05) is 0 Å². The summed E-state index contributed by atoms with van der Waals surface area (Å²) >= 11 is 0. The number of rotatable bonds is 5. The van der Waals surface area contributed by atoms with Gasteiger partial charge >= 0.3 is 0 Å². The second-order valence-electron chi connectivity index (χ2n) is 6.43. The normalized spacial score (nSPS) is 11.9. The van der Waals surface area contributed by atoms with Gasteiger partial charge in [-0.25, -0.2) is 9.07 Å². The molecule has 0 saturated heterocycles. The third-order valence-electron chi connectivity index (χ3n) is 4.62. The summed E-state index contributed by atoms with van der Waals surface area (Å²) in [6.07, 6.45) is 1.55. The SMILES string of the molecule is COc1ccc([C@@H](C)NC(=O)c2cnn(-c3ccccc3C)c2C)cc1F. The van der Waals surface area contributed by atoms with Crippen LogP contribution in [0.5, 0.6) is 5.75 Å². The van der Waals surface area contributed by atoms with Crippen molar-refractivity contribution < 1.29 is 13.9 Å². The van der Waals surface area contributed by atoms with Crippen molar-refractivity contribution in [1.29, 1.82) is 0 Å². The van der Waals surface area contributed by atoms with Crippen molar-refractivity contribution in [2.45, 2.75) is 26.8 Å². The van der Waals surface area contributed by atoms with Gasteiger partial charge in [-0.3, -0.25) is 4.79 Å². The number of aromatic nitrogens is 2. The first-order valence-corrected chi connectivity index (χ1v) is 8.67. The summed E-state index contributed by atoms with van der Waals surface area (Å²) in [6.45, 7) is 5.66.